The Morgan fingerprint density at radius 3 is 2.62 bits per heavy atom. The Labute approximate surface area is 80.0 Å². The Morgan fingerprint density at radius 2 is 2.15 bits per heavy atom. The summed E-state index contributed by atoms with van der Waals surface area (Å²) in [7, 11) is 1.79. The van der Waals surface area contributed by atoms with Crippen LogP contribution in [0.3, 0.4) is 0 Å². The monoisotopic (exact) mass is 188 g/mol. The van der Waals surface area contributed by atoms with Gasteiger partial charge in [-0.2, -0.15) is 0 Å². The van der Waals surface area contributed by atoms with Crippen molar-refractivity contribution in [2.75, 3.05) is 33.4 Å². The number of carbonyl (C=O) groups is 1. The number of hydrogen-bond acceptors (Lipinski definition) is 3. The average molecular weight is 188 g/mol. The number of nitrogens with zero attached hydrogens (tertiary/aromatic N) is 1. The third kappa shape index (κ3) is 6.54. The molecule has 0 aliphatic carbocycles. The minimum Gasteiger partial charge on any atom is -0.370 e. The Kier molecular flexibility index (Phi) is 6.54. The van der Waals surface area contributed by atoms with Gasteiger partial charge in [-0.3, -0.25) is 4.79 Å². The van der Waals surface area contributed by atoms with E-state index in [1.807, 2.05) is 0 Å². The van der Waals surface area contributed by atoms with Crippen molar-refractivity contribution in [2.45, 2.75) is 13.8 Å². The summed E-state index contributed by atoms with van der Waals surface area (Å²) in [5.41, 5.74) is 5.22. The molecular weight excluding hydrogens is 168 g/mol. The van der Waals surface area contributed by atoms with E-state index in [4.69, 9.17) is 10.5 Å². The smallest absolute Gasteiger partial charge is 0.248 e. The van der Waals surface area contributed by atoms with Gasteiger partial charge in [0.2, 0.25) is 5.91 Å². The van der Waals surface area contributed by atoms with Crippen molar-refractivity contribution in [2.24, 2.45) is 11.7 Å². The highest BCUT2D eigenvalue weighted by molar-refractivity contribution is 5.77. The van der Waals surface area contributed by atoms with Crippen LogP contribution in [0.25, 0.3) is 0 Å². The van der Waals surface area contributed by atoms with Crippen molar-refractivity contribution in [1.82, 2.24) is 4.90 Å². The molecule has 0 spiro atoms. The lowest BCUT2D eigenvalue weighted by Gasteiger charge is -2.19. The van der Waals surface area contributed by atoms with E-state index in [2.05, 4.69) is 13.8 Å². The van der Waals surface area contributed by atoms with E-state index >= 15 is 0 Å². The zero-order valence-electron chi connectivity index (χ0n) is 8.75. The third-order valence-corrected chi connectivity index (χ3v) is 1.55. The van der Waals surface area contributed by atoms with Gasteiger partial charge in [0.25, 0.3) is 0 Å². The topological polar surface area (TPSA) is 55.6 Å². The fraction of sp³-hybridized carbons (Fsp3) is 0.889. The second-order valence-electron chi connectivity index (χ2n) is 3.51. The maximum Gasteiger partial charge on any atom is 0.248 e. The maximum atomic E-state index is 11.3. The van der Waals surface area contributed by atoms with Gasteiger partial charge in [0.15, 0.2) is 0 Å². The quantitative estimate of drug-likeness (QED) is 0.600. The molecule has 1 amide bonds. The summed E-state index contributed by atoms with van der Waals surface area (Å²) in [6.45, 7) is 5.96. The number of ether oxygens (including phenoxy) is 1. The summed E-state index contributed by atoms with van der Waals surface area (Å²) in [4.78, 5) is 13.0. The van der Waals surface area contributed by atoms with E-state index in [1.165, 1.54) is 0 Å². The molecule has 4 nitrogen and oxygen atoms in total. The van der Waals surface area contributed by atoms with Gasteiger partial charge < -0.3 is 15.4 Å². The van der Waals surface area contributed by atoms with Gasteiger partial charge in [0.05, 0.1) is 6.61 Å². The van der Waals surface area contributed by atoms with Crippen LogP contribution in [0.1, 0.15) is 13.8 Å². The van der Waals surface area contributed by atoms with Crippen molar-refractivity contribution >= 4 is 5.91 Å². The SMILES string of the molecule is CC(C)CN(C)C(=O)COCCN. The molecule has 0 fully saturated rings. The molecule has 0 aromatic heterocycles. The summed E-state index contributed by atoms with van der Waals surface area (Å²) in [6, 6.07) is 0. The lowest BCUT2D eigenvalue weighted by Crippen LogP contribution is -2.33. The fourth-order valence-corrected chi connectivity index (χ4v) is 1.00. The fourth-order valence-electron chi connectivity index (χ4n) is 1.00. The number of amides is 1. The van der Waals surface area contributed by atoms with Gasteiger partial charge in [0.1, 0.15) is 6.61 Å². The molecule has 0 unspecified atom stereocenters. The lowest BCUT2D eigenvalue weighted by atomic mass is 10.2. The molecule has 0 aliphatic rings. The van der Waals surface area contributed by atoms with E-state index in [0.717, 1.165) is 6.54 Å². The second kappa shape index (κ2) is 6.86. The van der Waals surface area contributed by atoms with Crippen LogP contribution in [0.15, 0.2) is 0 Å². The van der Waals surface area contributed by atoms with Crippen LogP contribution in [0.4, 0.5) is 0 Å². The van der Waals surface area contributed by atoms with Crippen LogP contribution in [0.2, 0.25) is 0 Å². The molecule has 0 aromatic carbocycles. The molecule has 0 aliphatic heterocycles. The van der Waals surface area contributed by atoms with Gasteiger partial charge in [0, 0.05) is 20.1 Å². The van der Waals surface area contributed by atoms with Crippen molar-refractivity contribution < 1.29 is 9.53 Å². The number of rotatable bonds is 6. The van der Waals surface area contributed by atoms with Crippen LogP contribution < -0.4 is 5.73 Å². The van der Waals surface area contributed by atoms with Gasteiger partial charge >= 0.3 is 0 Å². The van der Waals surface area contributed by atoms with Crippen LogP contribution in [-0.2, 0) is 9.53 Å². The molecule has 0 bridgehead atoms. The maximum absolute atomic E-state index is 11.3. The van der Waals surface area contributed by atoms with Crippen molar-refractivity contribution in [1.29, 1.82) is 0 Å². The largest absolute Gasteiger partial charge is 0.370 e. The number of nitrogens with two attached hydrogens (primary N) is 1. The summed E-state index contributed by atoms with van der Waals surface area (Å²) in [6.07, 6.45) is 0. The van der Waals surface area contributed by atoms with Crippen molar-refractivity contribution in [3.8, 4) is 0 Å². The number of hydrogen-bond donors (Lipinski definition) is 1. The summed E-state index contributed by atoms with van der Waals surface area (Å²) in [5, 5.41) is 0. The molecule has 0 heterocycles. The van der Waals surface area contributed by atoms with E-state index < -0.39 is 0 Å². The van der Waals surface area contributed by atoms with Gasteiger partial charge in [-0.25, -0.2) is 0 Å². The zero-order valence-corrected chi connectivity index (χ0v) is 8.75. The number of carbonyl (C=O) groups excluding carboxylic acids is 1. The highest BCUT2D eigenvalue weighted by atomic mass is 16.5. The standard InChI is InChI=1S/C9H20N2O2/c1-8(2)6-11(3)9(12)7-13-5-4-10/h8H,4-7,10H2,1-3H3. The Bertz CT molecular complexity index is 149. The molecule has 78 valence electrons. The van der Waals surface area contributed by atoms with Crippen LogP contribution >= 0.6 is 0 Å². The molecule has 0 atom stereocenters. The molecule has 0 saturated heterocycles. The van der Waals surface area contributed by atoms with Crippen LogP contribution in [0.5, 0.6) is 0 Å². The second-order valence-corrected chi connectivity index (χ2v) is 3.51. The van der Waals surface area contributed by atoms with Crippen molar-refractivity contribution in [3.05, 3.63) is 0 Å². The first-order chi connectivity index (χ1) is 6.07. The predicted molar refractivity (Wildman–Crippen MR) is 52.3 cm³/mol. The van der Waals surface area contributed by atoms with Gasteiger partial charge in [-0.05, 0) is 5.92 Å². The first kappa shape index (κ1) is 12.4. The van der Waals surface area contributed by atoms with E-state index in [1.54, 1.807) is 11.9 Å². The van der Waals surface area contributed by atoms with Gasteiger partial charge in [-0.15, -0.1) is 0 Å². The Hall–Kier alpha value is -0.610. The molecule has 0 saturated carbocycles. The highest BCUT2D eigenvalue weighted by Crippen LogP contribution is 1.96. The molecule has 4 heteroatoms. The molecule has 2 N–H and O–H groups in total. The van der Waals surface area contributed by atoms with Crippen LogP contribution in [0, 0.1) is 5.92 Å². The summed E-state index contributed by atoms with van der Waals surface area (Å²) < 4.78 is 5.03. The van der Waals surface area contributed by atoms with Crippen molar-refractivity contribution in [3.63, 3.8) is 0 Å². The molecular formula is C9H20N2O2. The first-order valence-corrected chi connectivity index (χ1v) is 4.59. The van der Waals surface area contributed by atoms with Crippen LogP contribution in [-0.4, -0.2) is 44.2 Å². The third-order valence-electron chi connectivity index (χ3n) is 1.55. The molecule has 0 aromatic rings. The highest BCUT2D eigenvalue weighted by Gasteiger charge is 2.09. The Balaban J connectivity index is 3.57. The normalized spacial score (nSPS) is 10.5. The predicted octanol–water partition coefficient (Wildman–Crippen LogP) is 0.0761. The van der Waals surface area contributed by atoms with Gasteiger partial charge in [-0.1, -0.05) is 13.8 Å². The number of likely N-dealkylation sites (N-methyl/N-ethyl adjacent to an activating group) is 1. The summed E-state index contributed by atoms with van der Waals surface area (Å²) in [5.74, 6) is 0.505. The molecule has 0 radical (unpaired) electrons. The molecule has 0 rings (SSSR count). The minimum atomic E-state index is 0.0159. The first-order valence-electron chi connectivity index (χ1n) is 4.59. The lowest BCUT2D eigenvalue weighted by molar-refractivity contribution is -0.135. The zero-order chi connectivity index (χ0) is 10.3. The average Bonchev–Trinajstić information content (AvgIpc) is 2.03. The minimum absolute atomic E-state index is 0.0159. The van der Waals surface area contributed by atoms with E-state index in [9.17, 15) is 4.79 Å². The Morgan fingerprint density at radius 1 is 1.54 bits per heavy atom. The molecule has 13 heavy (non-hydrogen) atoms. The van der Waals surface area contributed by atoms with E-state index in [-0.39, 0.29) is 12.5 Å². The van der Waals surface area contributed by atoms with E-state index in [0.29, 0.717) is 19.1 Å². The summed E-state index contributed by atoms with van der Waals surface area (Å²) >= 11 is 0.